The second-order valence-corrected chi connectivity index (χ2v) is 10.1. The Morgan fingerprint density at radius 1 is 1.25 bits per heavy atom. The molecule has 0 unspecified atom stereocenters. The molecule has 0 aliphatic rings. The van der Waals surface area contributed by atoms with Crippen molar-refractivity contribution in [1.82, 2.24) is 0 Å². The van der Waals surface area contributed by atoms with Crippen LogP contribution in [0, 0.1) is 18.3 Å². The highest BCUT2D eigenvalue weighted by atomic mass is 28.3. The summed E-state index contributed by atoms with van der Waals surface area (Å²) in [7, 11) is -3.23. The van der Waals surface area contributed by atoms with Crippen molar-refractivity contribution in [2.75, 3.05) is 0 Å². The predicted molar refractivity (Wildman–Crippen MR) is 68.7 cm³/mol. The van der Waals surface area contributed by atoms with Gasteiger partial charge in [0.25, 0.3) is 0 Å². The molecule has 0 saturated heterocycles. The predicted octanol–water partition coefficient (Wildman–Crippen LogP) is 0.0917. The molecule has 0 heterocycles. The Morgan fingerprint density at radius 2 is 1.81 bits per heavy atom. The van der Waals surface area contributed by atoms with Gasteiger partial charge in [-0.25, -0.2) is 0 Å². The van der Waals surface area contributed by atoms with Crippen LogP contribution in [0.5, 0.6) is 0 Å². The molecule has 3 nitrogen and oxygen atoms in total. The Bertz CT molecular complexity index is 447. The zero-order valence-corrected chi connectivity index (χ0v) is 11.1. The van der Waals surface area contributed by atoms with Crippen molar-refractivity contribution in [2.24, 2.45) is 0 Å². The Hall–Kier alpha value is -1.09. The van der Waals surface area contributed by atoms with E-state index in [0.717, 1.165) is 10.8 Å². The summed E-state index contributed by atoms with van der Waals surface area (Å²) in [4.78, 5) is 0. The second kappa shape index (κ2) is 4.42. The molecule has 0 atom stereocenters. The van der Waals surface area contributed by atoms with Gasteiger partial charge in [0.15, 0.2) is 0 Å². The fraction of sp³-hybridized carbons (Fsp3) is 0.364. The monoisotopic (exact) mass is 233 g/mol. The van der Waals surface area contributed by atoms with Crippen LogP contribution in [0.1, 0.15) is 11.1 Å². The molecular weight excluding hydrogens is 217 g/mol. The number of nitrogens with zero attached hydrogens (tertiary/aromatic N) is 1. The van der Waals surface area contributed by atoms with Gasteiger partial charge < -0.3 is 10.0 Å². The van der Waals surface area contributed by atoms with Gasteiger partial charge in [0.2, 0.25) is 0 Å². The van der Waals surface area contributed by atoms with E-state index in [9.17, 15) is 10.0 Å². The maximum absolute atomic E-state index is 9.27. The Kier molecular flexibility index (Phi) is 3.58. The largest absolute Gasteiger partial charge is 0.489 e. The molecule has 5 heteroatoms. The first-order chi connectivity index (χ1) is 7.27. The summed E-state index contributed by atoms with van der Waals surface area (Å²) in [6.07, 6.45) is 0. The summed E-state index contributed by atoms with van der Waals surface area (Å²) in [5.74, 6) is 0. The maximum atomic E-state index is 9.27. The van der Waals surface area contributed by atoms with Gasteiger partial charge >= 0.3 is 7.12 Å². The molecule has 0 radical (unpaired) electrons. The van der Waals surface area contributed by atoms with Crippen LogP contribution in [0.15, 0.2) is 12.1 Å². The Balaban J connectivity index is 3.57. The molecule has 0 spiro atoms. The molecule has 0 amide bonds. The molecule has 1 rings (SSSR count). The molecular formula is C11H16BNO2Si. The van der Waals surface area contributed by atoms with E-state index in [1.165, 1.54) is 0 Å². The van der Waals surface area contributed by atoms with Crippen LogP contribution in [0.3, 0.4) is 0 Å². The van der Waals surface area contributed by atoms with E-state index >= 15 is 0 Å². The first kappa shape index (κ1) is 13.0. The highest BCUT2D eigenvalue weighted by Crippen LogP contribution is 2.08. The van der Waals surface area contributed by atoms with Gasteiger partial charge in [-0.2, -0.15) is 5.26 Å². The quantitative estimate of drug-likeness (QED) is 0.711. The number of nitriles is 1. The summed E-state index contributed by atoms with van der Waals surface area (Å²) in [6, 6.07) is 5.74. The molecule has 16 heavy (non-hydrogen) atoms. The van der Waals surface area contributed by atoms with Crippen LogP contribution in [-0.4, -0.2) is 25.2 Å². The average molecular weight is 233 g/mol. The lowest BCUT2D eigenvalue weighted by Crippen LogP contribution is -2.46. The molecule has 0 saturated carbocycles. The van der Waals surface area contributed by atoms with E-state index in [2.05, 4.69) is 25.7 Å². The van der Waals surface area contributed by atoms with Crippen LogP contribution < -0.4 is 10.6 Å². The first-order valence-corrected chi connectivity index (χ1v) is 8.68. The number of aryl methyl sites for hydroxylation is 1. The molecule has 0 fully saturated rings. The third-order valence-electron chi connectivity index (χ3n) is 2.51. The van der Waals surface area contributed by atoms with Gasteiger partial charge in [-0.15, -0.1) is 0 Å². The van der Waals surface area contributed by atoms with Gasteiger partial charge in [0.1, 0.15) is 0 Å². The third kappa shape index (κ3) is 2.53. The highest BCUT2D eigenvalue weighted by molar-refractivity contribution is 6.89. The average Bonchev–Trinajstić information content (AvgIpc) is 2.14. The van der Waals surface area contributed by atoms with E-state index in [1.54, 1.807) is 6.07 Å². The van der Waals surface area contributed by atoms with Crippen molar-refractivity contribution in [3.63, 3.8) is 0 Å². The molecule has 1 aromatic carbocycles. The maximum Gasteiger partial charge on any atom is 0.489 e. The minimum absolute atomic E-state index is 0.319. The van der Waals surface area contributed by atoms with E-state index in [4.69, 9.17) is 5.26 Å². The zero-order valence-electron chi connectivity index (χ0n) is 10.1. The second-order valence-electron chi connectivity index (χ2n) is 5.01. The van der Waals surface area contributed by atoms with E-state index in [-0.39, 0.29) is 0 Å². The SMILES string of the molecule is Cc1cc(B(O)O)c(C#N)c([Si](C)(C)C)c1. The van der Waals surface area contributed by atoms with Crippen LogP contribution in [0.2, 0.25) is 19.6 Å². The molecule has 0 aliphatic carbocycles. The zero-order chi connectivity index (χ0) is 12.5. The molecule has 2 N–H and O–H groups in total. The Labute approximate surface area is 97.5 Å². The molecule has 1 aromatic rings. The van der Waals surface area contributed by atoms with E-state index in [0.29, 0.717) is 11.0 Å². The van der Waals surface area contributed by atoms with Gasteiger partial charge in [-0.05, 0) is 17.6 Å². The van der Waals surface area contributed by atoms with Crippen molar-refractivity contribution < 1.29 is 10.0 Å². The standard InChI is InChI=1S/C11H16BNO2Si/c1-8-5-10(12(14)15)9(7-13)11(6-8)16(2,3)4/h5-6,14-15H,1-4H3. The number of benzene rings is 1. The summed E-state index contributed by atoms with van der Waals surface area (Å²) in [5.41, 5.74) is 1.71. The van der Waals surface area contributed by atoms with Gasteiger partial charge in [0, 0.05) is 0 Å². The number of hydrogen-bond donors (Lipinski definition) is 2. The third-order valence-corrected chi connectivity index (χ3v) is 4.52. The summed E-state index contributed by atoms with van der Waals surface area (Å²) in [5, 5.41) is 28.7. The smallest absolute Gasteiger partial charge is 0.423 e. The molecule has 0 aromatic heterocycles. The first-order valence-electron chi connectivity index (χ1n) is 5.18. The normalized spacial score (nSPS) is 11.1. The van der Waals surface area contributed by atoms with Crippen molar-refractivity contribution in [3.8, 4) is 6.07 Å². The summed E-state index contributed by atoms with van der Waals surface area (Å²) in [6.45, 7) is 8.30. The van der Waals surface area contributed by atoms with Gasteiger partial charge in [-0.3, -0.25) is 0 Å². The molecule has 0 aliphatic heterocycles. The lowest BCUT2D eigenvalue weighted by Gasteiger charge is -2.21. The summed E-state index contributed by atoms with van der Waals surface area (Å²) >= 11 is 0. The lowest BCUT2D eigenvalue weighted by molar-refractivity contribution is 0.425. The van der Waals surface area contributed by atoms with Crippen molar-refractivity contribution in [2.45, 2.75) is 26.6 Å². The molecule has 0 bridgehead atoms. The number of hydrogen-bond acceptors (Lipinski definition) is 3. The Morgan fingerprint density at radius 3 is 2.19 bits per heavy atom. The van der Waals surface area contributed by atoms with E-state index in [1.807, 2.05) is 13.0 Å². The van der Waals surface area contributed by atoms with Crippen molar-refractivity contribution in [1.29, 1.82) is 5.26 Å². The van der Waals surface area contributed by atoms with Crippen LogP contribution in [-0.2, 0) is 0 Å². The minimum atomic E-state index is -1.65. The van der Waals surface area contributed by atoms with Gasteiger partial charge in [0.05, 0.1) is 19.7 Å². The molecule has 84 valence electrons. The lowest BCUT2D eigenvalue weighted by atomic mass is 9.76. The summed E-state index contributed by atoms with van der Waals surface area (Å²) < 4.78 is 0. The fourth-order valence-corrected chi connectivity index (χ4v) is 3.35. The number of rotatable bonds is 2. The van der Waals surface area contributed by atoms with Crippen molar-refractivity contribution in [3.05, 3.63) is 23.3 Å². The van der Waals surface area contributed by atoms with Crippen molar-refractivity contribution >= 4 is 25.8 Å². The van der Waals surface area contributed by atoms with Crippen LogP contribution in [0.25, 0.3) is 0 Å². The highest BCUT2D eigenvalue weighted by Gasteiger charge is 2.26. The van der Waals surface area contributed by atoms with Crippen LogP contribution >= 0.6 is 0 Å². The van der Waals surface area contributed by atoms with Crippen LogP contribution in [0.4, 0.5) is 0 Å². The minimum Gasteiger partial charge on any atom is -0.423 e. The van der Waals surface area contributed by atoms with E-state index < -0.39 is 15.2 Å². The topological polar surface area (TPSA) is 64.2 Å². The fourth-order valence-electron chi connectivity index (χ4n) is 1.73. The van der Waals surface area contributed by atoms with Gasteiger partial charge in [-0.1, -0.05) is 37.3 Å².